The molecule has 0 unspecified atom stereocenters. The first kappa shape index (κ1) is 14.9. The molecule has 0 radical (unpaired) electrons. The van der Waals surface area contributed by atoms with Crippen LogP contribution in [0.3, 0.4) is 0 Å². The van der Waals surface area contributed by atoms with Crippen LogP contribution in [0.15, 0.2) is 24.3 Å². The van der Waals surface area contributed by atoms with Gasteiger partial charge in [0, 0.05) is 5.41 Å². The molecular weight excluding hydrogens is 298 g/mol. The highest BCUT2D eigenvalue weighted by Crippen LogP contribution is 2.58. The van der Waals surface area contributed by atoms with E-state index in [1.807, 2.05) is 31.2 Å². The maximum atomic E-state index is 11.4. The molecule has 2 N–H and O–H groups in total. The average Bonchev–Trinajstić information content (AvgIpc) is 3.14. The molecule has 0 aromatic heterocycles. The highest BCUT2D eigenvalue weighted by molar-refractivity contribution is 5.70. The molecule has 1 atom stereocenters. The monoisotopic (exact) mass is 319 g/mol. The first-order valence-electron chi connectivity index (χ1n) is 8.00. The van der Waals surface area contributed by atoms with Crippen molar-refractivity contribution in [1.29, 1.82) is 0 Å². The van der Waals surface area contributed by atoms with Gasteiger partial charge in [0.25, 0.3) is 0 Å². The first-order valence-corrected chi connectivity index (χ1v) is 8.00. The third-order valence-corrected chi connectivity index (χ3v) is 5.48. The molecule has 6 nitrogen and oxygen atoms in total. The van der Waals surface area contributed by atoms with Crippen LogP contribution in [0.1, 0.15) is 30.9 Å². The summed E-state index contributed by atoms with van der Waals surface area (Å²) in [6, 6.07) is 7.90. The maximum absolute atomic E-state index is 11.4. The zero-order valence-electron chi connectivity index (χ0n) is 13.1. The van der Waals surface area contributed by atoms with E-state index in [0.717, 1.165) is 24.0 Å². The van der Waals surface area contributed by atoms with Crippen LogP contribution in [-0.4, -0.2) is 43.4 Å². The van der Waals surface area contributed by atoms with E-state index >= 15 is 0 Å². The fourth-order valence-electron chi connectivity index (χ4n) is 3.82. The summed E-state index contributed by atoms with van der Waals surface area (Å²) in [7, 11) is 0. The molecule has 2 aliphatic heterocycles. The number of ether oxygens (including phenoxy) is 3. The second-order valence-electron chi connectivity index (χ2n) is 6.70. The minimum absolute atomic E-state index is 0.0982. The normalized spacial score (nSPS) is 30.8. The predicted octanol–water partition coefficient (Wildman–Crippen LogP) is 1.41. The van der Waals surface area contributed by atoms with Crippen molar-refractivity contribution in [2.75, 3.05) is 26.4 Å². The summed E-state index contributed by atoms with van der Waals surface area (Å²) in [4.78, 5) is 11.4. The Labute approximate surface area is 134 Å². The number of carbonyl (C=O) groups excluding carboxylic acids is 1. The minimum Gasteiger partial charge on any atom is -0.434 e. The average molecular weight is 319 g/mol. The lowest BCUT2D eigenvalue weighted by atomic mass is 9.85. The van der Waals surface area contributed by atoms with Crippen LogP contribution in [0.2, 0.25) is 0 Å². The lowest BCUT2D eigenvalue weighted by molar-refractivity contribution is -0.169. The van der Waals surface area contributed by atoms with E-state index in [0.29, 0.717) is 13.2 Å². The molecule has 1 aliphatic carbocycles. The number of benzene rings is 1. The van der Waals surface area contributed by atoms with Gasteiger partial charge in [-0.1, -0.05) is 24.3 Å². The zero-order valence-corrected chi connectivity index (χ0v) is 13.1. The van der Waals surface area contributed by atoms with Gasteiger partial charge in [0.1, 0.15) is 0 Å². The van der Waals surface area contributed by atoms with E-state index in [9.17, 15) is 9.90 Å². The van der Waals surface area contributed by atoms with Gasteiger partial charge >= 0.3 is 6.09 Å². The molecular formula is C17H21NO5. The molecule has 3 aliphatic rings. The quantitative estimate of drug-likeness (QED) is 0.877. The highest BCUT2D eigenvalue weighted by atomic mass is 16.7. The number of nitrogens with one attached hydrogen (secondary N) is 1. The Morgan fingerprint density at radius 1 is 1.13 bits per heavy atom. The first-order chi connectivity index (χ1) is 11.0. The molecule has 0 bridgehead atoms. The van der Waals surface area contributed by atoms with E-state index in [1.165, 1.54) is 0 Å². The van der Waals surface area contributed by atoms with Gasteiger partial charge in [-0.05, 0) is 30.9 Å². The van der Waals surface area contributed by atoms with Crippen LogP contribution in [0, 0.1) is 0 Å². The SMILES string of the molecule is CC1(C2(c3ccc([C@]4(CO)CNC(=O)O4)cc3)CC2)OCCO1. The van der Waals surface area contributed by atoms with Crippen molar-refractivity contribution in [3.63, 3.8) is 0 Å². The summed E-state index contributed by atoms with van der Waals surface area (Å²) in [6.07, 6.45) is 1.57. The Bertz CT molecular complexity index is 618. The summed E-state index contributed by atoms with van der Waals surface area (Å²) < 4.78 is 17.0. The topological polar surface area (TPSA) is 77.0 Å². The molecule has 3 fully saturated rings. The summed E-state index contributed by atoms with van der Waals surface area (Å²) in [5, 5.41) is 12.3. The maximum Gasteiger partial charge on any atom is 0.408 e. The highest BCUT2D eigenvalue weighted by Gasteiger charge is 2.61. The van der Waals surface area contributed by atoms with Gasteiger partial charge in [0.15, 0.2) is 11.4 Å². The number of rotatable bonds is 4. The Morgan fingerprint density at radius 2 is 1.74 bits per heavy atom. The number of carbonyl (C=O) groups is 1. The molecule has 0 spiro atoms. The van der Waals surface area contributed by atoms with Gasteiger partial charge in [-0.15, -0.1) is 0 Å². The molecule has 1 amide bonds. The summed E-state index contributed by atoms with van der Waals surface area (Å²) in [5.74, 6) is -0.565. The van der Waals surface area contributed by atoms with Crippen LogP contribution in [0.5, 0.6) is 0 Å². The van der Waals surface area contributed by atoms with Crippen molar-refractivity contribution < 1.29 is 24.1 Å². The van der Waals surface area contributed by atoms with Crippen molar-refractivity contribution in [2.24, 2.45) is 0 Å². The number of amides is 1. The van der Waals surface area contributed by atoms with Gasteiger partial charge in [0.2, 0.25) is 0 Å². The van der Waals surface area contributed by atoms with E-state index in [-0.39, 0.29) is 18.6 Å². The van der Waals surface area contributed by atoms with E-state index in [2.05, 4.69) is 5.32 Å². The number of cyclic esters (lactones) is 1. The standard InChI is InChI=1S/C17H21NO5/c1-15(21-8-9-22-15)16(6-7-16)12-2-4-13(5-3-12)17(11-19)10-18-14(20)23-17/h2-5,19H,6-11H2,1H3,(H,18,20)/t17-/m1/s1. The zero-order chi connectivity index (χ0) is 16.1. The number of hydrogen-bond donors (Lipinski definition) is 2. The van der Waals surface area contributed by atoms with Crippen molar-refractivity contribution in [3.8, 4) is 0 Å². The molecule has 4 rings (SSSR count). The van der Waals surface area contributed by atoms with Crippen LogP contribution in [0.25, 0.3) is 0 Å². The molecule has 124 valence electrons. The van der Waals surface area contributed by atoms with E-state index < -0.39 is 17.5 Å². The summed E-state index contributed by atoms with van der Waals surface area (Å²) in [5.41, 5.74) is 0.864. The van der Waals surface area contributed by atoms with Crippen molar-refractivity contribution in [2.45, 2.75) is 36.6 Å². The minimum atomic E-state index is -0.989. The molecule has 1 saturated carbocycles. The lowest BCUT2D eigenvalue weighted by Crippen LogP contribution is -2.40. The van der Waals surface area contributed by atoms with Gasteiger partial charge < -0.3 is 24.6 Å². The van der Waals surface area contributed by atoms with E-state index in [4.69, 9.17) is 14.2 Å². The predicted molar refractivity (Wildman–Crippen MR) is 80.9 cm³/mol. The number of hydrogen-bond acceptors (Lipinski definition) is 5. The van der Waals surface area contributed by atoms with Crippen LogP contribution in [-0.2, 0) is 25.2 Å². The van der Waals surface area contributed by atoms with Gasteiger partial charge in [-0.2, -0.15) is 0 Å². The molecule has 1 aromatic rings. The fourth-order valence-corrected chi connectivity index (χ4v) is 3.82. The Balaban J connectivity index is 1.63. The molecule has 2 saturated heterocycles. The fraction of sp³-hybridized carbons (Fsp3) is 0.588. The van der Waals surface area contributed by atoms with Crippen molar-refractivity contribution in [1.82, 2.24) is 5.32 Å². The second kappa shape index (κ2) is 4.93. The van der Waals surface area contributed by atoms with Gasteiger partial charge in [0.05, 0.1) is 26.4 Å². The van der Waals surface area contributed by atoms with Crippen LogP contribution < -0.4 is 5.32 Å². The Hall–Kier alpha value is -1.63. The Kier molecular flexibility index (Phi) is 3.20. The third-order valence-electron chi connectivity index (χ3n) is 5.48. The van der Waals surface area contributed by atoms with E-state index in [1.54, 1.807) is 0 Å². The van der Waals surface area contributed by atoms with Crippen molar-refractivity contribution >= 4 is 6.09 Å². The Morgan fingerprint density at radius 3 is 2.22 bits per heavy atom. The van der Waals surface area contributed by atoms with Crippen LogP contribution >= 0.6 is 0 Å². The molecule has 23 heavy (non-hydrogen) atoms. The smallest absolute Gasteiger partial charge is 0.408 e. The molecule has 1 aromatic carbocycles. The molecule has 6 heteroatoms. The number of aliphatic hydroxyl groups excluding tert-OH is 1. The van der Waals surface area contributed by atoms with Gasteiger partial charge in [-0.25, -0.2) is 4.79 Å². The summed E-state index contributed by atoms with van der Waals surface area (Å²) >= 11 is 0. The number of alkyl carbamates (subject to hydrolysis) is 1. The van der Waals surface area contributed by atoms with Crippen LogP contribution in [0.4, 0.5) is 4.79 Å². The van der Waals surface area contributed by atoms with Crippen molar-refractivity contribution in [3.05, 3.63) is 35.4 Å². The number of aliphatic hydroxyl groups is 1. The second-order valence-corrected chi connectivity index (χ2v) is 6.70. The van der Waals surface area contributed by atoms with Gasteiger partial charge in [-0.3, -0.25) is 0 Å². The summed E-state index contributed by atoms with van der Waals surface area (Å²) in [6.45, 7) is 3.30. The molecule has 2 heterocycles. The largest absolute Gasteiger partial charge is 0.434 e. The lowest BCUT2D eigenvalue weighted by Gasteiger charge is -2.33. The third kappa shape index (κ3) is 2.09.